The first-order chi connectivity index (χ1) is 13.4. The number of anilines is 1. The number of carbonyl (C=O) groups is 1. The van der Waals surface area contributed by atoms with E-state index in [1.165, 1.54) is 6.92 Å². The van der Waals surface area contributed by atoms with Crippen LogP contribution < -0.4 is 9.64 Å². The van der Waals surface area contributed by atoms with E-state index in [2.05, 4.69) is 0 Å². The minimum absolute atomic E-state index is 0.127. The summed E-state index contributed by atoms with van der Waals surface area (Å²) in [4.78, 5) is 13.7. The molecule has 2 heterocycles. The van der Waals surface area contributed by atoms with Crippen LogP contribution in [0.1, 0.15) is 36.9 Å². The average Bonchev–Trinajstić information content (AvgIpc) is 3.17. The van der Waals surface area contributed by atoms with Crippen molar-refractivity contribution in [2.24, 2.45) is 0 Å². The molecule has 1 amide bonds. The Bertz CT molecular complexity index is 1020. The molecular weight excluding hydrogens is 376 g/mol. The van der Waals surface area contributed by atoms with Crippen molar-refractivity contribution in [3.63, 3.8) is 0 Å². The van der Waals surface area contributed by atoms with Gasteiger partial charge in [0.05, 0.1) is 23.2 Å². The highest BCUT2D eigenvalue weighted by molar-refractivity contribution is 7.89. The highest BCUT2D eigenvalue weighted by Crippen LogP contribution is 2.40. The zero-order valence-electron chi connectivity index (χ0n) is 16.1. The van der Waals surface area contributed by atoms with Crippen LogP contribution in [0.25, 0.3) is 0 Å². The molecule has 2 aliphatic heterocycles. The molecule has 0 aromatic heterocycles. The number of hydrogen-bond acceptors (Lipinski definition) is 4. The van der Waals surface area contributed by atoms with Gasteiger partial charge in [0.25, 0.3) is 0 Å². The number of nitrogens with zero attached hydrogens (tertiary/aromatic N) is 2. The lowest BCUT2D eigenvalue weighted by Crippen LogP contribution is -2.37. The molecule has 2 aromatic carbocycles. The molecule has 1 atom stereocenters. The Morgan fingerprint density at radius 1 is 1.14 bits per heavy atom. The summed E-state index contributed by atoms with van der Waals surface area (Å²) >= 11 is 0. The SMILES string of the molecule is CC(=O)N1CCOc2ccc(S(=O)(=O)N3CCC[C@H]3c3ccccc3C)cc21. The number of aryl methyl sites for hydroxylation is 1. The number of amides is 1. The minimum Gasteiger partial charge on any atom is -0.490 e. The van der Waals surface area contributed by atoms with Gasteiger partial charge in [-0.25, -0.2) is 8.42 Å². The van der Waals surface area contributed by atoms with Gasteiger partial charge in [-0.15, -0.1) is 0 Å². The molecule has 0 radical (unpaired) electrons. The van der Waals surface area contributed by atoms with Crippen LogP contribution in [0.15, 0.2) is 47.4 Å². The third-order valence-corrected chi connectivity index (χ3v) is 7.44. The van der Waals surface area contributed by atoms with Gasteiger partial charge in [0.1, 0.15) is 12.4 Å². The molecule has 28 heavy (non-hydrogen) atoms. The van der Waals surface area contributed by atoms with Gasteiger partial charge in [0, 0.05) is 13.5 Å². The summed E-state index contributed by atoms with van der Waals surface area (Å²) in [6, 6.07) is 12.6. The van der Waals surface area contributed by atoms with Crippen molar-refractivity contribution in [2.75, 3.05) is 24.6 Å². The van der Waals surface area contributed by atoms with Crippen molar-refractivity contribution in [3.8, 4) is 5.75 Å². The van der Waals surface area contributed by atoms with E-state index < -0.39 is 10.0 Å². The summed E-state index contributed by atoms with van der Waals surface area (Å²) in [5.41, 5.74) is 2.66. The number of benzene rings is 2. The molecule has 7 heteroatoms. The molecule has 6 nitrogen and oxygen atoms in total. The maximum absolute atomic E-state index is 13.5. The van der Waals surface area contributed by atoms with Gasteiger partial charge in [-0.05, 0) is 49.1 Å². The Hall–Kier alpha value is -2.38. The van der Waals surface area contributed by atoms with E-state index in [-0.39, 0.29) is 16.8 Å². The van der Waals surface area contributed by atoms with E-state index in [4.69, 9.17) is 4.74 Å². The second-order valence-corrected chi connectivity index (χ2v) is 9.17. The van der Waals surface area contributed by atoms with Crippen LogP contribution in [0.5, 0.6) is 5.75 Å². The fourth-order valence-electron chi connectivity index (χ4n) is 4.12. The van der Waals surface area contributed by atoms with Crippen LogP contribution in [-0.4, -0.2) is 38.3 Å². The van der Waals surface area contributed by atoms with Crippen molar-refractivity contribution in [2.45, 2.75) is 37.6 Å². The lowest BCUT2D eigenvalue weighted by molar-refractivity contribution is -0.116. The monoisotopic (exact) mass is 400 g/mol. The van der Waals surface area contributed by atoms with Crippen LogP contribution in [-0.2, 0) is 14.8 Å². The third-order valence-electron chi connectivity index (χ3n) is 5.53. The Morgan fingerprint density at radius 3 is 2.68 bits per heavy atom. The van der Waals surface area contributed by atoms with Gasteiger partial charge < -0.3 is 9.64 Å². The maximum atomic E-state index is 13.5. The second kappa shape index (κ2) is 7.22. The average molecular weight is 401 g/mol. The van der Waals surface area contributed by atoms with E-state index in [9.17, 15) is 13.2 Å². The molecule has 1 saturated heterocycles. The molecule has 4 rings (SSSR count). The van der Waals surface area contributed by atoms with Crippen molar-refractivity contribution in [3.05, 3.63) is 53.6 Å². The van der Waals surface area contributed by atoms with Crippen LogP contribution >= 0.6 is 0 Å². The first-order valence-electron chi connectivity index (χ1n) is 9.52. The lowest BCUT2D eigenvalue weighted by Gasteiger charge is -2.30. The number of ether oxygens (including phenoxy) is 1. The van der Waals surface area contributed by atoms with Gasteiger partial charge >= 0.3 is 0 Å². The summed E-state index contributed by atoms with van der Waals surface area (Å²) in [7, 11) is -3.70. The highest BCUT2D eigenvalue weighted by atomic mass is 32.2. The molecular formula is C21H24N2O4S. The van der Waals surface area contributed by atoms with Gasteiger partial charge in [-0.1, -0.05) is 24.3 Å². The Kier molecular flexibility index (Phi) is 4.89. The van der Waals surface area contributed by atoms with Crippen LogP contribution in [0, 0.1) is 6.92 Å². The van der Waals surface area contributed by atoms with Crippen LogP contribution in [0.4, 0.5) is 5.69 Å². The van der Waals surface area contributed by atoms with E-state index in [1.54, 1.807) is 27.4 Å². The van der Waals surface area contributed by atoms with Gasteiger partial charge in [-0.2, -0.15) is 4.31 Å². The molecule has 2 aliphatic rings. The molecule has 0 spiro atoms. The summed E-state index contributed by atoms with van der Waals surface area (Å²) < 4.78 is 34.1. The van der Waals surface area contributed by atoms with Crippen molar-refractivity contribution in [1.29, 1.82) is 0 Å². The quantitative estimate of drug-likeness (QED) is 0.793. The topological polar surface area (TPSA) is 66.9 Å². The van der Waals surface area contributed by atoms with Gasteiger partial charge in [0.15, 0.2) is 0 Å². The molecule has 2 aromatic rings. The Balaban J connectivity index is 1.73. The first-order valence-corrected chi connectivity index (χ1v) is 11.0. The zero-order valence-corrected chi connectivity index (χ0v) is 16.9. The predicted molar refractivity (Wildman–Crippen MR) is 107 cm³/mol. The normalized spacial score (nSPS) is 19.9. The minimum atomic E-state index is -3.70. The van der Waals surface area contributed by atoms with Crippen LogP contribution in [0.3, 0.4) is 0 Å². The summed E-state index contributed by atoms with van der Waals surface area (Å²) in [6.45, 7) is 4.80. The first kappa shape index (κ1) is 19.0. The van der Waals surface area contributed by atoms with E-state index in [1.807, 2.05) is 31.2 Å². The standard InChI is InChI=1S/C21H24N2O4S/c1-15-6-3-4-7-18(15)19-8-5-11-23(19)28(25,26)17-9-10-21-20(14-17)22(16(2)24)12-13-27-21/h3-4,6-7,9-10,14,19H,5,8,11-13H2,1-2H3/t19-/m0/s1. The predicted octanol–water partition coefficient (Wildman–Crippen LogP) is 3.27. The van der Waals surface area contributed by atoms with Gasteiger partial charge in [0.2, 0.25) is 15.9 Å². The maximum Gasteiger partial charge on any atom is 0.243 e. The largest absolute Gasteiger partial charge is 0.490 e. The Morgan fingerprint density at radius 2 is 1.93 bits per heavy atom. The summed E-state index contributed by atoms with van der Waals surface area (Å²) in [6.07, 6.45) is 1.63. The van der Waals surface area contributed by atoms with Gasteiger partial charge in [-0.3, -0.25) is 4.79 Å². The molecule has 148 valence electrons. The van der Waals surface area contributed by atoms with Crippen molar-refractivity contribution >= 4 is 21.6 Å². The summed E-state index contributed by atoms with van der Waals surface area (Å²) in [5, 5.41) is 0. The molecule has 0 unspecified atom stereocenters. The molecule has 0 N–H and O–H groups in total. The number of fused-ring (bicyclic) bond motifs is 1. The third kappa shape index (κ3) is 3.18. The lowest BCUT2D eigenvalue weighted by atomic mass is 10.0. The van der Waals surface area contributed by atoms with E-state index in [0.717, 1.165) is 24.0 Å². The molecule has 0 bridgehead atoms. The zero-order chi connectivity index (χ0) is 19.9. The molecule has 1 fully saturated rings. The summed E-state index contributed by atoms with van der Waals surface area (Å²) in [5.74, 6) is 0.412. The molecule has 0 saturated carbocycles. The van der Waals surface area contributed by atoms with E-state index >= 15 is 0 Å². The number of carbonyl (C=O) groups excluding carboxylic acids is 1. The van der Waals surface area contributed by atoms with E-state index in [0.29, 0.717) is 31.1 Å². The van der Waals surface area contributed by atoms with Crippen LogP contribution in [0.2, 0.25) is 0 Å². The number of hydrogen-bond donors (Lipinski definition) is 0. The second-order valence-electron chi connectivity index (χ2n) is 7.28. The fourth-order valence-corrected chi connectivity index (χ4v) is 5.81. The smallest absolute Gasteiger partial charge is 0.243 e. The number of rotatable bonds is 3. The van der Waals surface area contributed by atoms with Crippen molar-refractivity contribution < 1.29 is 17.9 Å². The van der Waals surface area contributed by atoms with Crippen molar-refractivity contribution in [1.82, 2.24) is 4.31 Å². The molecule has 0 aliphatic carbocycles. The Labute approximate surface area is 165 Å². The highest BCUT2D eigenvalue weighted by Gasteiger charge is 2.37. The number of sulfonamides is 1. The fraction of sp³-hybridized carbons (Fsp3) is 0.381.